The van der Waals surface area contributed by atoms with Crippen LogP contribution in [0.1, 0.15) is 64.9 Å². The Balaban J connectivity index is 1.98. The van der Waals surface area contributed by atoms with Gasteiger partial charge >= 0.3 is 0 Å². The molecule has 0 N–H and O–H groups in total. The van der Waals surface area contributed by atoms with E-state index < -0.39 is 5.92 Å². The molecule has 3 aliphatic rings. The highest BCUT2D eigenvalue weighted by atomic mass is 35.5. The molecule has 0 aromatic heterocycles. The molecule has 0 saturated carbocycles. The number of allylic oxidation sites excluding steroid dienone is 4. The smallest absolute Gasteiger partial charge is 0.163 e. The molecule has 1 heterocycles. The molecule has 1 aromatic rings. The summed E-state index contributed by atoms with van der Waals surface area (Å²) >= 11 is 12.9. The molecule has 0 unspecified atom stereocenters. The first-order valence-corrected chi connectivity index (χ1v) is 11.6. The summed E-state index contributed by atoms with van der Waals surface area (Å²) in [7, 11) is 0. The van der Waals surface area contributed by atoms with E-state index >= 15 is 0 Å². The number of hydrogen-bond donors (Lipinski definition) is 0. The van der Waals surface area contributed by atoms with Crippen molar-refractivity contribution in [2.45, 2.75) is 59.3 Å². The largest absolute Gasteiger partial charge is 0.488 e. The van der Waals surface area contributed by atoms with E-state index in [1.54, 1.807) is 18.2 Å². The minimum atomic E-state index is -0.614. The molecular formula is C26H28Cl2O4. The normalized spacial score (nSPS) is 22.3. The van der Waals surface area contributed by atoms with Gasteiger partial charge in [-0.05, 0) is 23.0 Å². The van der Waals surface area contributed by atoms with Gasteiger partial charge in [0.1, 0.15) is 23.9 Å². The van der Waals surface area contributed by atoms with Gasteiger partial charge in [-0.15, -0.1) is 0 Å². The first-order chi connectivity index (χ1) is 14.9. The molecule has 170 valence electrons. The van der Waals surface area contributed by atoms with Crippen LogP contribution in [0.15, 0.2) is 47.5 Å². The van der Waals surface area contributed by atoms with E-state index in [0.29, 0.717) is 69.7 Å². The van der Waals surface area contributed by atoms with Crippen molar-refractivity contribution < 1.29 is 19.1 Å². The SMILES string of the molecule is C=CCOc1c(Cl)cc(Cl)cc1C1C2=C(CC(C)(C)CC2=O)OC2=C1C(=O)CC(C)(C)C2. The predicted octanol–water partition coefficient (Wildman–Crippen LogP) is 6.96. The average molecular weight is 475 g/mol. The number of ketones is 2. The van der Waals surface area contributed by atoms with Gasteiger partial charge < -0.3 is 9.47 Å². The van der Waals surface area contributed by atoms with Gasteiger partial charge in [0, 0.05) is 47.4 Å². The molecule has 0 saturated heterocycles. The highest BCUT2D eigenvalue weighted by molar-refractivity contribution is 6.35. The third-order valence-corrected chi connectivity index (χ3v) is 6.77. The zero-order valence-corrected chi connectivity index (χ0v) is 20.5. The summed E-state index contributed by atoms with van der Waals surface area (Å²) < 4.78 is 12.3. The number of hydrogen-bond acceptors (Lipinski definition) is 4. The first-order valence-electron chi connectivity index (χ1n) is 10.9. The molecule has 4 rings (SSSR count). The summed E-state index contributed by atoms with van der Waals surface area (Å²) in [6.45, 7) is 12.2. The second kappa shape index (κ2) is 8.07. The Labute approximate surface area is 199 Å². The Morgan fingerprint density at radius 2 is 1.53 bits per heavy atom. The van der Waals surface area contributed by atoms with Gasteiger partial charge in [0.25, 0.3) is 0 Å². The molecule has 0 atom stereocenters. The van der Waals surface area contributed by atoms with Gasteiger partial charge in [-0.3, -0.25) is 9.59 Å². The fourth-order valence-electron chi connectivity index (χ4n) is 5.07. The number of carbonyl (C=O) groups excluding carboxylic acids is 2. The van der Waals surface area contributed by atoms with Crippen molar-refractivity contribution in [1.82, 2.24) is 0 Å². The molecule has 1 aliphatic heterocycles. The van der Waals surface area contributed by atoms with Crippen molar-refractivity contribution in [3.63, 3.8) is 0 Å². The van der Waals surface area contributed by atoms with Crippen molar-refractivity contribution in [2.24, 2.45) is 10.8 Å². The second-order valence-corrected chi connectivity index (χ2v) is 11.3. The predicted molar refractivity (Wildman–Crippen MR) is 126 cm³/mol. The summed E-state index contributed by atoms with van der Waals surface area (Å²) in [6, 6.07) is 3.35. The maximum atomic E-state index is 13.4. The Morgan fingerprint density at radius 3 is 2.03 bits per heavy atom. The summed E-state index contributed by atoms with van der Waals surface area (Å²) in [4.78, 5) is 26.9. The van der Waals surface area contributed by atoms with Crippen molar-refractivity contribution in [3.8, 4) is 5.75 Å². The van der Waals surface area contributed by atoms with Crippen molar-refractivity contribution in [3.05, 3.63) is 63.1 Å². The third-order valence-electron chi connectivity index (χ3n) is 6.28. The molecule has 0 bridgehead atoms. The molecule has 0 amide bonds. The zero-order chi connectivity index (χ0) is 23.4. The van der Waals surface area contributed by atoms with Crippen LogP contribution in [0, 0.1) is 10.8 Å². The highest BCUT2D eigenvalue weighted by Crippen LogP contribution is 2.55. The summed E-state index contributed by atoms with van der Waals surface area (Å²) in [5.74, 6) is 1.05. The van der Waals surface area contributed by atoms with Crippen LogP contribution in [0.5, 0.6) is 5.75 Å². The maximum absolute atomic E-state index is 13.4. The standard InChI is InChI=1S/C26H28Cl2O4/c1-6-7-31-24-15(8-14(27)9-16(24)28)21-22-17(29)10-25(2,3)12-19(22)32-20-13-26(4,5)11-18(30)23(20)21/h6,8-9,21H,1,7,10-13H2,2-5H3. The minimum Gasteiger partial charge on any atom is -0.488 e. The lowest BCUT2D eigenvalue weighted by Gasteiger charge is -2.43. The number of ether oxygens (including phenoxy) is 2. The van der Waals surface area contributed by atoms with E-state index in [0.717, 1.165) is 0 Å². The molecule has 32 heavy (non-hydrogen) atoms. The summed E-state index contributed by atoms with van der Waals surface area (Å²) in [5.41, 5.74) is 1.23. The molecular weight excluding hydrogens is 447 g/mol. The number of halogens is 2. The van der Waals surface area contributed by atoms with Crippen LogP contribution >= 0.6 is 23.2 Å². The van der Waals surface area contributed by atoms with Crippen LogP contribution in [0.4, 0.5) is 0 Å². The average Bonchev–Trinajstić information content (AvgIpc) is 2.63. The van der Waals surface area contributed by atoms with Crippen LogP contribution in [-0.4, -0.2) is 18.2 Å². The van der Waals surface area contributed by atoms with E-state index in [1.807, 2.05) is 0 Å². The Morgan fingerprint density at radius 1 is 1.00 bits per heavy atom. The summed E-state index contributed by atoms with van der Waals surface area (Å²) in [5, 5.41) is 0.747. The van der Waals surface area contributed by atoms with Crippen LogP contribution in [0.2, 0.25) is 10.0 Å². The second-order valence-electron chi connectivity index (χ2n) is 10.5. The monoisotopic (exact) mass is 474 g/mol. The van der Waals surface area contributed by atoms with Gasteiger partial charge in [0.05, 0.1) is 10.9 Å². The lowest BCUT2D eigenvalue weighted by Crippen LogP contribution is -2.37. The Kier molecular flexibility index (Phi) is 5.83. The zero-order valence-electron chi connectivity index (χ0n) is 18.9. The van der Waals surface area contributed by atoms with Gasteiger partial charge in [-0.25, -0.2) is 0 Å². The lowest BCUT2D eigenvalue weighted by atomic mass is 9.65. The molecule has 6 heteroatoms. The van der Waals surface area contributed by atoms with Crippen molar-refractivity contribution in [1.29, 1.82) is 0 Å². The van der Waals surface area contributed by atoms with Gasteiger partial charge in [0.15, 0.2) is 11.6 Å². The van der Waals surface area contributed by atoms with E-state index in [-0.39, 0.29) is 29.0 Å². The van der Waals surface area contributed by atoms with Crippen LogP contribution in [0.3, 0.4) is 0 Å². The van der Waals surface area contributed by atoms with Gasteiger partial charge in [-0.2, -0.15) is 0 Å². The number of benzene rings is 1. The van der Waals surface area contributed by atoms with E-state index in [2.05, 4.69) is 34.3 Å². The van der Waals surface area contributed by atoms with Crippen molar-refractivity contribution in [2.75, 3.05) is 6.61 Å². The van der Waals surface area contributed by atoms with Gasteiger partial charge in [-0.1, -0.05) is 63.6 Å². The van der Waals surface area contributed by atoms with Crippen molar-refractivity contribution >= 4 is 34.8 Å². The van der Waals surface area contributed by atoms with E-state index in [1.165, 1.54) is 0 Å². The quantitative estimate of drug-likeness (QED) is 0.442. The summed E-state index contributed by atoms with van der Waals surface area (Å²) in [6.07, 6.45) is 3.62. The Bertz CT molecular complexity index is 1040. The highest BCUT2D eigenvalue weighted by Gasteiger charge is 2.48. The van der Waals surface area contributed by atoms with Crippen LogP contribution in [-0.2, 0) is 14.3 Å². The van der Waals surface area contributed by atoms with Crippen LogP contribution in [0.25, 0.3) is 0 Å². The van der Waals surface area contributed by atoms with Gasteiger partial charge in [0.2, 0.25) is 0 Å². The van der Waals surface area contributed by atoms with Crippen LogP contribution < -0.4 is 4.74 Å². The number of carbonyl (C=O) groups is 2. The molecule has 2 aliphatic carbocycles. The van der Waals surface area contributed by atoms with E-state index in [4.69, 9.17) is 32.7 Å². The topological polar surface area (TPSA) is 52.6 Å². The third kappa shape index (κ3) is 4.15. The number of rotatable bonds is 4. The first kappa shape index (κ1) is 23.1. The molecule has 1 aromatic carbocycles. The molecule has 0 radical (unpaired) electrons. The molecule has 0 spiro atoms. The fourth-order valence-corrected chi connectivity index (χ4v) is 5.64. The minimum absolute atomic E-state index is 0.0174. The molecule has 4 nitrogen and oxygen atoms in total. The lowest BCUT2D eigenvalue weighted by molar-refractivity contribution is -0.120. The number of Topliss-reactive ketones (excluding diaryl/α,β-unsaturated/α-hetero) is 2. The van der Waals surface area contributed by atoms with E-state index in [9.17, 15) is 9.59 Å². The Hall–Kier alpha value is -2.04. The fraction of sp³-hybridized carbons (Fsp3) is 0.462. The molecule has 0 fully saturated rings. The maximum Gasteiger partial charge on any atom is 0.163 e.